The summed E-state index contributed by atoms with van der Waals surface area (Å²) in [5, 5.41) is 1.45. The van der Waals surface area contributed by atoms with Gasteiger partial charge in [0.25, 0.3) is 10.0 Å². The zero-order valence-corrected chi connectivity index (χ0v) is 17.2. The first-order valence-corrected chi connectivity index (χ1v) is 10.5. The van der Waals surface area contributed by atoms with Crippen LogP contribution in [0.25, 0.3) is 21.8 Å². The number of aryl methyl sites for hydroxylation is 2. The van der Waals surface area contributed by atoms with Crippen molar-refractivity contribution in [3.63, 3.8) is 0 Å². The average Bonchev–Trinajstić information content (AvgIpc) is 3.05. The lowest BCUT2D eigenvalue weighted by atomic mass is 10.0. The monoisotopic (exact) mass is 408 g/mol. The number of ether oxygens (including phenoxy) is 1. The van der Waals surface area contributed by atoms with Crippen LogP contribution < -0.4 is 0 Å². The normalized spacial score (nSPS) is 12.0. The lowest BCUT2D eigenvalue weighted by Gasteiger charge is -2.10. The van der Waals surface area contributed by atoms with Gasteiger partial charge in [0.15, 0.2) is 6.29 Å². The van der Waals surface area contributed by atoms with E-state index in [0.717, 1.165) is 16.5 Å². The molecule has 2 aromatic heterocycles. The minimum absolute atomic E-state index is 0.191. The van der Waals surface area contributed by atoms with E-state index >= 15 is 0 Å². The number of carbonyl (C=O) groups excluding carboxylic acids is 1. The van der Waals surface area contributed by atoms with Gasteiger partial charge in [-0.2, -0.15) is 0 Å². The minimum Gasteiger partial charge on any atom is -0.380 e. The van der Waals surface area contributed by atoms with Gasteiger partial charge in [-0.05, 0) is 43.2 Å². The quantitative estimate of drug-likeness (QED) is 0.467. The number of hydrogen-bond donors (Lipinski definition) is 0. The van der Waals surface area contributed by atoms with Crippen LogP contribution in [0.2, 0.25) is 0 Å². The second-order valence-corrected chi connectivity index (χ2v) is 8.76. The van der Waals surface area contributed by atoms with Gasteiger partial charge in [0.1, 0.15) is 5.69 Å². The van der Waals surface area contributed by atoms with Crippen LogP contribution in [0.5, 0.6) is 0 Å². The molecule has 4 rings (SSSR count). The highest BCUT2D eigenvalue weighted by Crippen LogP contribution is 2.36. The van der Waals surface area contributed by atoms with Crippen LogP contribution in [0.3, 0.4) is 0 Å². The predicted octanol–water partition coefficient (Wildman–Crippen LogP) is 4.00. The lowest BCUT2D eigenvalue weighted by molar-refractivity contribution is 0.111. The van der Waals surface area contributed by atoms with Crippen molar-refractivity contribution >= 4 is 38.1 Å². The number of aromatic nitrogens is 2. The van der Waals surface area contributed by atoms with Crippen LogP contribution in [-0.4, -0.2) is 30.8 Å². The number of hydrogen-bond acceptors (Lipinski definition) is 5. The fraction of sp³-hybridized carbons (Fsp3) is 0.182. The molecule has 0 spiro atoms. The van der Waals surface area contributed by atoms with Crippen molar-refractivity contribution in [2.45, 2.75) is 25.3 Å². The fourth-order valence-corrected chi connectivity index (χ4v) is 5.22. The van der Waals surface area contributed by atoms with Crippen LogP contribution in [0.1, 0.15) is 27.2 Å². The molecule has 4 aromatic rings. The Morgan fingerprint density at radius 1 is 1.03 bits per heavy atom. The zero-order chi connectivity index (χ0) is 20.8. The molecule has 0 aliphatic carbocycles. The topological polar surface area (TPSA) is 78.3 Å². The van der Waals surface area contributed by atoms with Gasteiger partial charge >= 0.3 is 0 Å². The van der Waals surface area contributed by atoms with E-state index < -0.39 is 10.0 Å². The van der Waals surface area contributed by atoms with Gasteiger partial charge in [0, 0.05) is 17.9 Å². The van der Waals surface area contributed by atoms with Crippen molar-refractivity contribution < 1.29 is 17.9 Å². The Hall–Kier alpha value is -3.03. The number of aldehydes is 1. The van der Waals surface area contributed by atoms with E-state index in [1.54, 1.807) is 50.4 Å². The number of methoxy groups -OCH3 is 1. The molecule has 0 atom stereocenters. The van der Waals surface area contributed by atoms with E-state index in [2.05, 4.69) is 4.98 Å². The van der Waals surface area contributed by atoms with Gasteiger partial charge in [0.2, 0.25) is 0 Å². The van der Waals surface area contributed by atoms with Crippen LogP contribution in [0, 0.1) is 13.8 Å². The zero-order valence-electron chi connectivity index (χ0n) is 16.3. The summed E-state index contributed by atoms with van der Waals surface area (Å²) in [7, 11) is -2.30. The largest absolute Gasteiger partial charge is 0.380 e. The van der Waals surface area contributed by atoms with Gasteiger partial charge in [-0.25, -0.2) is 12.4 Å². The van der Waals surface area contributed by atoms with E-state index in [1.165, 1.54) is 10.2 Å². The van der Waals surface area contributed by atoms with Gasteiger partial charge in [-0.1, -0.05) is 29.8 Å². The molecular weight excluding hydrogens is 388 g/mol. The molecule has 0 aliphatic heterocycles. The molecule has 29 heavy (non-hydrogen) atoms. The van der Waals surface area contributed by atoms with Crippen LogP contribution >= 0.6 is 0 Å². The minimum atomic E-state index is -3.89. The first kappa shape index (κ1) is 19.3. The molecular formula is C22H20N2O4S. The SMILES string of the molecule is COCc1cccc2c1c1c(C)c(C=O)ncc1n2S(=O)(=O)c1ccc(C)cc1. The molecule has 6 nitrogen and oxygen atoms in total. The molecule has 0 unspecified atom stereocenters. The summed E-state index contributed by atoms with van der Waals surface area (Å²) in [6.07, 6.45) is 2.14. The fourth-order valence-electron chi connectivity index (χ4n) is 3.73. The summed E-state index contributed by atoms with van der Waals surface area (Å²) in [5.74, 6) is 0. The molecule has 0 bridgehead atoms. The van der Waals surface area contributed by atoms with Gasteiger partial charge in [-0.3, -0.25) is 9.78 Å². The Balaban J connectivity index is 2.19. The maximum atomic E-state index is 13.6. The molecule has 0 saturated heterocycles. The summed E-state index contributed by atoms with van der Waals surface area (Å²) in [6.45, 7) is 4.01. The van der Waals surface area contributed by atoms with Crippen molar-refractivity contribution in [1.29, 1.82) is 0 Å². The maximum absolute atomic E-state index is 13.6. The molecule has 0 aliphatic rings. The van der Waals surface area contributed by atoms with Crippen molar-refractivity contribution in [2.24, 2.45) is 0 Å². The molecule has 0 amide bonds. The van der Waals surface area contributed by atoms with Crippen molar-refractivity contribution in [2.75, 3.05) is 7.11 Å². The molecule has 0 fully saturated rings. The highest BCUT2D eigenvalue weighted by Gasteiger charge is 2.26. The van der Waals surface area contributed by atoms with Gasteiger partial charge in [-0.15, -0.1) is 0 Å². The smallest absolute Gasteiger partial charge is 0.268 e. The number of rotatable bonds is 5. The number of fused-ring (bicyclic) bond motifs is 3. The summed E-state index contributed by atoms with van der Waals surface area (Å²) < 4.78 is 33.9. The third-order valence-electron chi connectivity index (χ3n) is 5.13. The van der Waals surface area contributed by atoms with Crippen LogP contribution in [0.15, 0.2) is 53.6 Å². The third-order valence-corrected chi connectivity index (χ3v) is 6.87. The maximum Gasteiger partial charge on any atom is 0.268 e. The summed E-state index contributed by atoms with van der Waals surface area (Å²) >= 11 is 0. The molecule has 0 saturated carbocycles. The van der Waals surface area contributed by atoms with E-state index in [9.17, 15) is 13.2 Å². The Bertz CT molecular complexity index is 1350. The number of carbonyl (C=O) groups is 1. The average molecular weight is 408 g/mol. The highest BCUT2D eigenvalue weighted by atomic mass is 32.2. The Morgan fingerprint density at radius 3 is 2.41 bits per heavy atom. The van der Waals surface area contributed by atoms with E-state index in [1.807, 2.05) is 13.0 Å². The first-order valence-electron chi connectivity index (χ1n) is 9.08. The van der Waals surface area contributed by atoms with Crippen molar-refractivity contribution in [3.05, 3.63) is 71.0 Å². The van der Waals surface area contributed by atoms with Gasteiger partial charge < -0.3 is 4.74 Å². The third kappa shape index (κ3) is 2.94. The highest BCUT2D eigenvalue weighted by molar-refractivity contribution is 7.90. The Labute approximate surface area is 168 Å². The number of benzene rings is 2. The summed E-state index contributed by atoms with van der Waals surface area (Å²) in [5.41, 5.74) is 3.72. The van der Waals surface area contributed by atoms with Crippen LogP contribution in [-0.2, 0) is 21.4 Å². The van der Waals surface area contributed by atoms with Crippen LogP contribution in [0.4, 0.5) is 0 Å². The molecule has 0 N–H and O–H groups in total. The Kier molecular flexibility index (Phi) is 4.72. The Morgan fingerprint density at radius 2 is 1.76 bits per heavy atom. The lowest BCUT2D eigenvalue weighted by Crippen LogP contribution is -2.13. The molecule has 2 heterocycles. The molecule has 7 heteroatoms. The van der Waals surface area contributed by atoms with E-state index in [4.69, 9.17) is 4.74 Å². The summed E-state index contributed by atoms with van der Waals surface area (Å²) in [6, 6.07) is 12.2. The second-order valence-electron chi connectivity index (χ2n) is 6.97. The standard InChI is InChI=1S/C22H20N2O4S/c1-14-7-9-17(10-8-14)29(26,27)24-19-6-4-5-16(13-28-3)22(19)21-15(2)18(12-25)23-11-20(21)24/h4-12H,13H2,1-3H3. The number of nitrogens with zero attached hydrogens (tertiary/aromatic N) is 2. The summed E-state index contributed by atoms with van der Waals surface area (Å²) in [4.78, 5) is 15.8. The molecule has 2 aromatic carbocycles. The van der Waals surface area contributed by atoms with E-state index in [0.29, 0.717) is 34.9 Å². The van der Waals surface area contributed by atoms with Crippen molar-refractivity contribution in [1.82, 2.24) is 8.96 Å². The predicted molar refractivity (Wildman–Crippen MR) is 112 cm³/mol. The number of pyridine rings is 1. The molecule has 148 valence electrons. The van der Waals surface area contributed by atoms with Crippen molar-refractivity contribution in [3.8, 4) is 0 Å². The van der Waals surface area contributed by atoms with Gasteiger partial charge in [0.05, 0.1) is 28.7 Å². The molecule has 0 radical (unpaired) electrons. The van der Waals surface area contributed by atoms with E-state index in [-0.39, 0.29) is 10.6 Å². The first-order chi connectivity index (χ1) is 13.9. The second kappa shape index (κ2) is 7.09.